The lowest BCUT2D eigenvalue weighted by atomic mass is 9.95. The van der Waals surface area contributed by atoms with Crippen LogP contribution >= 0.6 is 0 Å². The summed E-state index contributed by atoms with van der Waals surface area (Å²) in [6, 6.07) is 7.06. The molecule has 0 saturated heterocycles. The molecule has 21 heavy (non-hydrogen) atoms. The van der Waals surface area contributed by atoms with E-state index in [2.05, 4.69) is 10.6 Å². The molecule has 0 aliphatic heterocycles. The summed E-state index contributed by atoms with van der Waals surface area (Å²) in [5.74, 6) is -0.0697. The quantitative estimate of drug-likeness (QED) is 0.557. The zero-order valence-electron chi connectivity index (χ0n) is 12.5. The van der Waals surface area contributed by atoms with Crippen molar-refractivity contribution in [2.24, 2.45) is 0 Å². The van der Waals surface area contributed by atoms with Gasteiger partial charge in [-0.1, -0.05) is 31.4 Å². The Hall–Kier alpha value is -1.75. The normalized spacial score (nSPS) is 17.2. The third kappa shape index (κ3) is 4.63. The van der Waals surface area contributed by atoms with Gasteiger partial charge in [-0.15, -0.1) is 0 Å². The highest BCUT2D eigenvalue weighted by atomic mass is 16.5. The van der Waals surface area contributed by atoms with Gasteiger partial charge >= 0.3 is 0 Å². The third-order valence-corrected chi connectivity index (χ3v) is 3.71. The van der Waals surface area contributed by atoms with Gasteiger partial charge in [-0.05, 0) is 31.9 Å². The van der Waals surface area contributed by atoms with Crippen molar-refractivity contribution in [1.82, 2.24) is 5.32 Å². The molecule has 1 atom stereocenters. The lowest BCUT2D eigenvalue weighted by molar-refractivity contribution is -0.131. The molecule has 0 radical (unpaired) electrons. The van der Waals surface area contributed by atoms with Gasteiger partial charge in [0.1, 0.15) is 5.75 Å². The summed E-state index contributed by atoms with van der Waals surface area (Å²) in [7, 11) is 0. The fourth-order valence-corrected chi connectivity index (χ4v) is 2.61. The van der Waals surface area contributed by atoms with E-state index in [1.807, 2.05) is 6.92 Å². The predicted octanol–water partition coefficient (Wildman–Crippen LogP) is 2.62. The van der Waals surface area contributed by atoms with Crippen LogP contribution in [0.4, 0.5) is 5.69 Å². The minimum Gasteiger partial charge on any atom is -0.506 e. The number of hydrogen-bond donors (Lipinski definition) is 3. The van der Waals surface area contributed by atoms with Gasteiger partial charge in [-0.25, -0.2) is 0 Å². The number of hydrogen-bond acceptors (Lipinski definition) is 4. The molecule has 1 saturated carbocycles. The molecule has 0 spiro atoms. The highest BCUT2D eigenvalue weighted by Crippen LogP contribution is 2.23. The van der Waals surface area contributed by atoms with Crippen molar-refractivity contribution >= 4 is 11.6 Å². The zero-order valence-corrected chi connectivity index (χ0v) is 12.5. The van der Waals surface area contributed by atoms with Crippen LogP contribution in [-0.2, 0) is 9.53 Å². The first-order valence-corrected chi connectivity index (χ1v) is 7.67. The smallest absolute Gasteiger partial charge is 0.270 e. The highest BCUT2D eigenvalue weighted by Gasteiger charge is 2.23. The van der Waals surface area contributed by atoms with E-state index in [0.717, 1.165) is 25.7 Å². The van der Waals surface area contributed by atoms with Gasteiger partial charge in [0, 0.05) is 12.6 Å². The van der Waals surface area contributed by atoms with Crippen LogP contribution in [0.15, 0.2) is 24.3 Å². The highest BCUT2D eigenvalue weighted by molar-refractivity contribution is 5.84. The molecule has 0 aromatic heterocycles. The van der Waals surface area contributed by atoms with Gasteiger partial charge in [0.15, 0.2) is 0 Å². The summed E-state index contributed by atoms with van der Waals surface area (Å²) < 4.78 is 5.47. The zero-order chi connectivity index (χ0) is 15.1. The molecule has 1 aliphatic rings. The van der Waals surface area contributed by atoms with Crippen LogP contribution in [0.25, 0.3) is 0 Å². The second kappa shape index (κ2) is 7.88. The van der Waals surface area contributed by atoms with Gasteiger partial charge < -0.3 is 20.5 Å². The first-order valence-electron chi connectivity index (χ1n) is 7.67. The van der Waals surface area contributed by atoms with Crippen LogP contribution in [0.5, 0.6) is 5.75 Å². The van der Waals surface area contributed by atoms with Gasteiger partial charge in [0.05, 0.1) is 5.69 Å². The number of carbonyl (C=O) groups excluding carboxylic acids is 1. The minimum absolute atomic E-state index is 0.104. The Morgan fingerprint density at radius 2 is 2.05 bits per heavy atom. The number of phenols is 1. The molecule has 116 valence electrons. The standard InChI is InChI=1S/C16H24N2O3/c1-2-21-16(18-13-10-6-7-11-14(13)19)15(20)17-12-8-4-3-5-9-12/h6-7,10-12,16,18-19H,2-5,8-9H2,1H3,(H,17,20). The monoisotopic (exact) mass is 292 g/mol. The fourth-order valence-electron chi connectivity index (χ4n) is 2.61. The second-order valence-electron chi connectivity index (χ2n) is 5.34. The molecule has 0 bridgehead atoms. The molecule has 1 aliphatic carbocycles. The van der Waals surface area contributed by atoms with Crippen molar-refractivity contribution in [3.05, 3.63) is 24.3 Å². The van der Waals surface area contributed by atoms with E-state index in [-0.39, 0.29) is 17.7 Å². The van der Waals surface area contributed by atoms with Crippen molar-refractivity contribution in [2.75, 3.05) is 11.9 Å². The van der Waals surface area contributed by atoms with E-state index >= 15 is 0 Å². The van der Waals surface area contributed by atoms with Gasteiger partial charge in [0.2, 0.25) is 6.23 Å². The van der Waals surface area contributed by atoms with Gasteiger partial charge in [-0.3, -0.25) is 4.79 Å². The van der Waals surface area contributed by atoms with E-state index < -0.39 is 6.23 Å². The van der Waals surface area contributed by atoms with Crippen LogP contribution in [-0.4, -0.2) is 29.9 Å². The first-order chi connectivity index (χ1) is 10.2. The maximum atomic E-state index is 12.3. The number of amides is 1. The number of carbonyl (C=O) groups is 1. The summed E-state index contributed by atoms with van der Waals surface area (Å²) in [4.78, 5) is 12.3. The van der Waals surface area contributed by atoms with Crippen molar-refractivity contribution < 1.29 is 14.6 Å². The summed E-state index contributed by atoms with van der Waals surface area (Å²) >= 11 is 0. The number of ether oxygens (including phenoxy) is 1. The van der Waals surface area contributed by atoms with Crippen LogP contribution in [0, 0.1) is 0 Å². The van der Waals surface area contributed by atoms with E-state index in [0.29, 0.717) is 12.3 Å². The molecule has 3 N–H and O–H groups in total. The molecule has 2 rings (SSSR count). The molecular formula is C16H24N2O3. The molecule has 1 unspecified atom stereocenters. The largest absolute Gasteiger partial charge is 0.506 e. The van der Waals surface area contributed by atoms with Crippen molar-refractivity contribution in [2.45, 2.75) is 51.3 Å². The number of para-hydroxylation sites is 2. The number of benzene rings is 1. The Labute approximate surface area is 125 Å². The van der Waals surface area contributed by atoms with Crippen LogP contribution in [0.3, 0.4) is 0 Å². The number of phenolic OH excluding ortho intramolecular Hbond substituents is 1. The van der Waals surface area contributed by atoms with E-state index in [4.69, 9.17) is 4.74 Å². The van der Waals surface area contributed by atoms with Crippen molar-refractivity contribution in [3.63, 3.8) is 0 Å². The number of aromatic hydroxyl groups is 1. The topological polar surface area (TPSA) is 70.6 Å². The SMILES string of the molecule is CCOC(Nc1ccccc1O)C(=O)NC1CCCCC1. The molecular weight excluding hydrogens is 268 g/mol. The molecule has 5 nitrogen and oxygen atoms in total. The average Bonchev–Trinajstić information content (AvgIpc) is 2.50. The average molecular weight is 292 g/mol. The predicted molar refractivity (Wildman–Crippen MR) is 82.2 cm³/mol. The summed E-state index contributed by atoms with van der Waals surface area (Å²) in [5, 5.41) is 15.8. The van der Waals surface area contributed by atoms with Crippen molar-refractivity contribution in [3.8, 4) is 5.75 Å². The van der Waals surface area contributed by atoms with E-state index in [1.165, 1.54) is 6.42 Å². The molecule has 1 aromatic carbocycles. The molecule has 0 heterocycles. The lowest BCUT2D eigenvalue weighted by Crippen LogP contribution is -2.46. The van der Waals surface area contributed by atoms with E-state index in [9.17, 15) is 9.90 Å². The Morgan fingerprint density at radius 3 is 2.71 bits per heavy atom. The fraction of sp³-hybridized carbons (Fsp3) is 0.562. The number of rotatable bonds is 6. The maximum absolute atomic E-state index is 12.3. The Morgan fingerprint density at radius 1 is 1.33 bits per heavy atom. The third-order valence-electron chi connectivity index (χ3n) is 3.71. The minimum atomic E-state index is -0.787. The Kier molecular flexibility index (Phi) is 5.87. The molecule has 1 amide bonds. The van der Waals surface area contributed by atoms with Crippen LogP contribution < -0.4 is 10.6 Å². The Bertz CT molecular complexity index is 459. The second-order valence-corrected chi connectivity index (χ2v) is 5.34. The molecule has 1 aromatic rings. The first kappa shape index (κ1) is 15.6. The summed E-state index contributed by atoms with van der Waals surface area (Å²) in [6.07, 6.45) is 4.85. The maximum Gasteiger partial charge on any atom is 0.270 e. The van der Waals surface area contributed by atoms with Gasteiger partial charge in [0.25, 0.3) is 5.91 Å². The molecule has 1 fully saturated rings. The summed E-state index contributed by atoms with van der Waals surface area (Å²) in [6.45, 7) is 2.26. The summed E-state index contributed by atoms with van der Waals surface area (Å²) in [5.41, 5.74) is 0.495. The van der Waals surface area contributed by atoms with Crippen molar-refractivity contribution in [1.29, 1.82) is 0 Å². The number of anilines is 1. The van der Waals surface area contributed by atoms with Gasteiger partial charge in [-0.2, -0.15) is 0 Å². The number of nitrogens with one attached hydrogen (secondary N) is 2. The molecule has 5 heteroatoms. The van der Waals surface area contributed by atoms with Crippen LogP contribution in [0.1, 0.15) is 39.0 Å². The lowest BCUT2D eigenvalue weighted by Gasteiger charge is -2.26. The van der Waals surface area contributed by atoms with Crippen LogP contribution in [0.2, 0.25) is 0 Å². The Balaban J connectivity index is 1.97. The van der Waals surface area contributed by atoms with E-state index in [1.54, 1.807) is 24.3 Å².